The zero-order valence-corrected chi connectivity index (χ0v) is 10.4. The molecule has 0 bridgehead atoms. The highest BCUT2D eigenvalue weighted by molar-refractivity contribution is 5.53. The van der Waals surface area contributed by atoms with Gasteiger partial charge in [0, 0.05) is 18.8 Å². The van der Waals surface area contributed by atoms with Crippen LogP contribution in [0.1, 0.15) is 51.4 Å². The quantitative estimate of drug-likeness (QED) is 0.709. The lowest BCUT2D eigenvalue weighted by molar-refractivity contribution is -0.193. The summed E-state index contributed by atoms with van der Waals surface area (Å²) < 4.78 is 12.1. The van der Waals surface area contributed by atoms with Crippen molar-refractivity contribution in [2.24, 2.45) is 11.8 Å². The molecule has 0 amide bonds. The van der Waals surface area contributed by atoms with Crippen LogP contribution in [-0.4, -0.2) is 24.8 Å². The van der Waals surface area contributed by atoms with Gasteiger partial charge < -0.3 is 14.3 Å². The van der Waals surface area contributed by atoms with E-state index in [4.69, 9.17) is 9.47 Å². The second-order valence-corrected chi connectivity index (χ2v) is 5.97. The molecule has 1 heterocycles. The lowest BCUT2D eigenvalue weighted by Gasteiger charge is -2.34. The van der Waals surface area contributed by atoms with Crippen molar-refractivity contribution in [1.29, 1.82) is 0 Å². The first-order valence-corrected chi connectivity index (χ1v) is 7.07. The van der Waals surface area contributed by atoms with Gasteiger partial charge in [-0.3, -0.25) is 0 Å². The molecule has 17 heavy (non-hydrogen) atoms. The van der Waals surface area contributed by atoms with Crippen molar-refractivity contribution in [3.8, 4) is 0 Å². The average Bonchev–Trinajstić information content (AvgIpc) is 2.69. The van der Waals surface area contributed by atoms with Crippen molar-refractivity contribution in [2.75, 3.05) is 6.61 Å². The second-order valence-electron chi connectivity index (χ2n) is 5.97. The van der Waals surface area contributed by atoms with Crippen LogP contribution in [0.2, 0.25) is 0 Å². The molecule has 0 radical (unpaired) electrons. The molecule has 0 aromatic carbocycles. The van der Waals surface area contributed by atoms with Gasteiger partial charge in [0.05, 0.1) is 12.7 Å². The monoisotopic (exact) mass is 238 g/mol. The SMILES string of the molecule is O=CC1CCC2(CC1)OCC(CC1CCC1)O2. The number of hydrogen-bond acceptors (Lipinski definition) is 3. The minimum atomic E-state index is -0.325. The average molecular weight is 238 g/mol. The van der Waals surface area contributed by atoms with Crippen molar-refractivity contribution in [1.82, 2.24) is 0 Å². The molecule has 1 saturated heterocycles. The summed E-state index contributed by atoms with van der Waals surface area (Å²) in [6.07, 6.45) is 10.4. The molecule has 1 unspecified atom stereocenters. The van der Waals surface area contributed by atoms with Gasteiger partial charge in [0.2, 0.25) is 0 Å². The van der Waals surface area contributed by atoms with Crippen molar-refractivity contribution < 1.29 is 14.3 Å². The Balaban J connectivity index is 1.50. The third-order valence-corrected chi connectivity index (χ3v) is 4.72. The van der Waals surface area contributed by atoms with E-state index in [9.17, 15) is 4.79 Å². The summed E-state index contributed by atoms with van der Waals surface area (Å²) in [5, 5.41) is 0. The van der Waals surface area contributed by atoms with Gasteiger partial charge in [0.15, 0.2) is 5.79 Å². The summed E-state index contributed by atoms with van der Waals surface area (Å²) in [5.74, 6) is 0.789. The summed E-state index contributed by atoms with van der Waals surface area (Å²) in [5.41, 5.74) is 0. The smallest absolute Gasteiger partial charge is 0.168 e. The molecule has 0 aromatic rings. The summed E-state index contributed by atoms with van der Waals surface area (Å²) in [6, 6.07) is 0. The summed E-state index contributed by atoms with van der Waals surface area (Å²) in [4.78, 5) is 10.7. The van der Waals surface area contributed by atoms with E-state index in [1.54, 1.807) is 0 Å². The fourth-order valence-corrected chi connectivity index (χ4v) is 3.31. The number of ether oxygens (including phenoxy) is 2. The largest absolute Gasteiger partial charge is 0.347 e. The topological polar surface area (TPSA) is 35.5 Å². The van der Waals surface area contributed by atoms with Gasteiger partial charge in [0.1, 0.15) is 6.29 Å². The predicted octanol–water partition coefficient (Wildman–Crippen LogP) is 2.68. The highest BCUT2D eigenvalue weighted by atomic mass is 16.7. The molecule has 0 N–H and O–H groups in total. The molecule has 3 heteroatoms. The lowest BCUT2D eigenvalue weighted by atomic mass is 9.81. The van der Waals surface area contributed by atoms with E-state index in [-0.39, 0.29) is 11.7 Å². The van der Waals surface area contributed by atoms with Gasteiger partial charge in [-0.05, 0) is 25.2 Å². The molecule has 1 spiro atoms. The summed E-state index contributed by atoms with van der Waals surface area (Å²) in [7, 11) is 0. The van der Waals surface area contributed by atoms with E-state index in [2.05, 4.69) is 0 Å². The van der Waals surface area contributed by atoms with Crippen LogP contribution in [0.25, 0.3) is 0 Å². The molecule has 0 aromatic heterocycles. The van der Waals surface area contributed by atoms with Crippen LogP contribution < -0.4 is 0 Å². The van der Waals surface area contributed by atoms with E-state index in [0.717, 1.165) is 44.5 Å². The van der Waals surface area contributed by atoms with Crippen LogP contribution >= 0.6 is 0 Å². The predicted molar refractivity (Wildman–Crippen MR) is 63.5 cm³/mol. The van der Waals surface area contributed by atoms with Gasteiger partial charge >= 0.3 is 0 Å². The molecule has 3 rings (SSSR count). The molecule has 3 aliphatic rings. The van der Waals surface area contributed by atoms with Crippen LogP contribution in [0, 0.1) is 11.8 Å². The number of carbonyl (C=O) groups is 1. The van der Waals surface area contributed by atoms with E-state index in [1.165, 1.54) is 25.7 Å². The molecule has 1 atom stereocenters. The number of rotatable bonds is 3. The molecule has 1 aliphatic heterocycles. The maximum absolute atomic E-state index is 10.7. The Hall–Kier alpha value is -0.410. The first kappa shape index (κ1) is 11.7. The van der Waals surface area contributed by atoms with Gasteiger partial charge in [-0.1, -0.05) is 19.3 Å². The zero-order valence-electron chi connectivity index (χ0n) is 10.4. The number of hydrogen-bond donors (Lipinski definition) is 0. The Morgan fingerprint density at radius 3 is 2.53 bits per heavy atom. The highest BCUT2D eigenvalue weighted by Gasteiger charge is 2.44. The van der Waals surface area contributed by atoms with Crippen molar-refractivity contribution >= 4 is 6.29 Å². The number of aldehydes is 1. The molecule has 96 valence electrons. The molecule has 2 aliphatic carbocycles. The van der Waals surface area contributed by atoms with Gasteiger partial charge in [-0.25, -0.2) is 0 Å². The molecular weight excluding hydrogens is 216 g/mol. The van der Waals surface area contributed by atoms with Crippen LogP contribution in [-0.2, 0) is 14.3 Å². The normalized spacial score (nSPS) is 42.6. The lowest BCUT2D eigenvalue weighted by Crippen LogP contribution is -2.36. The Kier molecular flexibility index (Phi) is 3.22. The molecule has 3 nitrogen and oxygen atoms in total. The maximum Gasteiger partial charge on any atom is 0.168 e. The fraction of sp³-hybridized carbons (Fsp3) is 0.929. The van der Waals surface area contributed by atoms with Crippen LogP contribution in [0.15, 0.2) is 0 Å². The van der Waals surface area contributed by atoms with Crippen molar-refractivity contribution in [3.05, 3.63) is 0 Å². The molecular formula is C14H22O3. The van der Waals surface area contributed by atoms with Crippen molar-refractivity contribution in [2.45, 2.75) is 63.3 Å². The van der Waals surface area contributed by atoms with Crippen LogP contribution in [0.3, 0.4) is 0 Å². The Labute approximate surface area is 103 Å². The minimum Gasteiger partial charge on any atom is -0.347 e. The van der Waals surface area contributed by atoms with Crippen LogP contribution in [0.5, 0.6) is 0 Å². The second kappa shape index (κ2) is 4.69. The number of carbonyl (C=O) groups excluding carboxylic acids is 1. The van der Waals surface area contributed by atoms with E-state index in [1.807, 2.05) is 0 Å². The Morgan fingerprint density at radius 2 is 1.94 bits per heavy atom. The zero-order chi connectivity index (χ0) is 11.7. The van der Waals surface area contributed by atoms with E-state index >= 15 is 0 Å². The third-order valence-electron chi connectivity index (χ3n) is 4.72. The standard InChI is InChI=1S/C14H22O3/c15-9-12-4-6-14(7-5-12)16-10-13(17-14)8-11-2-1-3-11/h9,11-13H,1-8,10H2. The first-order valence-electron chi connectivity index (χ1n) is 7.07. The summed E-state index contributed by atoms with van der Waals surface area (Å²) >= 11 is 0. The highest BCUT2D eigenvalue weighted by Crippen LogP contribution is 2.42. The van der Waals surface area contributed by atoms with Gasteiger partial charge in [-0.15, -0.1) is 0 Å². The molecule has 3 fully saturated rings. The van der Waals surface area contributed by atoms with Gasteiger partial charge in [-0.2, -0.15) is 0 Å². The molecule has 2 saturated carbocycles. The Morgan fingerprint density at radius 1 is 1.18 bits per heavy atom. The van der Waals surface area contributed by atoms with Gasteiger partial charge in [0.25, 0.3) is 0 Å². The van der Waals surface area contributed by atoms with E-state index in [0.29, 0.717) is 6.10 Å². The van der Waals surface area contributed by atoms with Crippen molar-refractivity contribution in [3.63, 3.8) is 0 Å². The first-order chi connectivity index (χ1) is 8.30. The summed E-state index contributed by atoms with van der Waals surface area (Å²) in [6.45, 7) is 0.766. The maximum atomic E-state index is 10.7. The Bertz CT molecular complexity index is 277. The fourth-order valence-electron chi connectivity index (χ4n) is 3.31. The van der Waals surface area contributed by atoms with E-state index < -0.39 is 0 Å². The van der Waals surface area contributed by atoms with Crippen LogP contribution in [0.4, 0.5) is 0 Å². The minimum absolute atomic E-state index is 0.235. The third kappa shape index (κ3) is 2.41.